The third-order valence-corrected chi connectivity index (χ3v) is 13.1. The molecular formula is C28H42INO2Si. The van der Waals surface area contributed by atoms with Crippen LogP contribution in [0.4, 0.5) is 0 Å². The first kappa shape index (κ1) is 26.8. The van der Waals surface area contributed by atoms with Crippen molar-refractivity contribution in [2.45, 2.75) is 104 Å². The molecule has 3 rings (SSSR count). The highest BCUT2D eigenvalue weighted by molar-refractivity contribution is 14.1. The molecule has 1 aromatic heterocycles. The van der Waals surface area contributed by atoms with Gasteiger partial charge >= 0.3 is 0 Å². The number of pyridine rings is 1. The van der Waals surface area contributed by atoms with Crippen molar-refractivity contribution in [3.8, 4) is 0 Å². The number of halogens is 1. The van der Waals surface area contributed by atoms with Gasteiger partial charge in [0.15, 0.2) is 8.32 Å². The summed E-state index contributed by atoms with van der Waals surface area (Å²) in [6.45, 7) is 22.6. The van der Waals surface area contributed by atoms with Crippen molar-refractivity contribution in [2.75, 3.05) is 0 Å². The van der Waals surface area contributed by atoms with E-state index in [9.17, 15) is 5.11 Å². The van der Waals surface area contributed by atoms with Crippen LogP contribution in [0.15, 0.2) is 24.3 Å². The predicted molar refractivity (Wildman–Crippen MR) is 149 cm³/mol. The van der Waals surface area contributed by atoms with Crippen molar-refractivity contribution in [3.63, 3.8) is 0 Å². The average molecular weight is 580 g/mol. The van der Waals surface area contributed by atoms with E-state index in [2.05, 4.69) is 103 Å². The Hall–Kier alpha value is -0.763. The third-order valence-electron chi connectivity index (χ3n) is 7.48. The van der Waals surface area contributed by atoms with E-state index in [-0.39, 0.29) is 22.5 Å². The summed E-state index contributed by atoms with van der Waals surface area (Å²) in [5.74, 6) is 0.226. The molecule has 5 heteroatoms. The Balaban J connectivity index is 2.21. The Morgan fingerprint density at radius 3 is 2.24 bits per heavy atom. The molecule has 2 atom stereocenters. The fourth-order valence-electron chi connectivity index (χ4n) is 4.49. The molecule has 0 fully saturated rings. The van der Waals surface area contributed by atoms with E-state index in [0.717, 1.165) is 38.9 Å². The van der Waals surface area contributed by atoms with Crippen LogP contribution in [0.1, 0.15) is 107 Å². The summed E-state index contributed by atoms with van der Waals surface area (Å²) in [4.78, 5) is 5.25. The Morgan fingerprint density at radius 2 is 1.73 bits per heavy atom. The minimum Gasteiger partial charge on any atom is -0.410 e. The first-order chi connectivity index (χ1) is 15.0. The van der Waals surface area contributed by atoms with E-state index in [1.807, 2.05) is 12.1 Å². The number of aromatic nitrogens is 1. The van der Waals surface area contributed by atoms with Gasteiger partial charge in [0.1, 0.15) is 6.10 Å². The summed E-state index contributed by atoms with van der Waals surface area (Å²) in [5, 5.41) is 11.7. The lowest BCUT2D eigenvalue weighted by Crippen LogP contribution is -2.44. The van der Waals surface area contributed by atoms with Crippen molar-refractivity contribution in [1.29, 1.82) is 0 Å². The van der Waals surface area contributed by atoms with Gasteiger partial charge in [-0.25, -0.2) is 0 Å². The summed E-state index contributed by atoms with van der Waals surface area (Å²) in [6, 6.07) is 8.20. The van der Waals surface area contributed by atoms with E-state index in [1.165, 1.54) is 11.1 Å². The van der Waals surface area contributed by atoms with Crippen molar-refractivity contribution in [3.05, 3.63) is 61.5 Å². The monoisotopic (exact) mass is 579 g/mol. The topological polar surface area (TPSA) is 42.4 Å². The Bertz CT molecular complexity index is 1010. The number of nitrogens with zero attached hydrogens (tertiary/aromatic N) is 1. The van der Waals surface area contributed by atoms with Crippen LogP contribution in [0.25, 0.3) is 0 Å². The maximum Gasteiger partial charge on any atom is 0.192 e. The molecule has 3 nitrogen and oxygen atoms in total. The molecule has 0 bridgehead atoms. The second kappa shape index (κ2) is 9.36. The van der Waals surface area contributed by atoms with Gasteiger partial charge in [-0.1, -0.05) is 78.3 Å². The molecule has 1 unspecified atom stereocenters. The largest absolute Gasteiger partial charge is 0.410 e. The normalized spacial score (nSPS) is 19.5. The van der Waals surface area contributed by atoms with Gasteiger partial charge in [0.2, 0.25) is 0 Å². The van der Waals surface area contributed by atoms with Crippen LogP contribution in [-0.4, -0.2) is 18.4 Å². The number of hydrogen-bond acceptors (Lipinski definition) is 3. The molecule has 0 amide bonds. The molecule has 0 aliphatic heterocycles. The molecule has 33 heavy (non-hydrogen) atoms. The van der Waals surface area contributed by atoms with E-state index in [4.69, 9.17) is 9.41 Å². The fourth-order valence-corrected chi connectivity index (χ4v) is 6.99. The number of aliphatic hydroxyl groups excluding tert-OH is 1. The molecule has 1 N–H and O–H groups in total. The Labute approximate surface area is 216 Å². The van der Waals surface area contributed by atoms with Crippen molar-refractivity contribution in [1.82, 2.24) is 4.98 Å². The van der Waals surface area contributed by atoms with Gasteiger partial charge < -0.3 is 9.53 Å². The van der Waals surface area contributed by atoms with Gasteiger partial charge in [-0.2, -0.15) is 0 Å². The molecule has 2 aromatic rings. The highest BCUT2D eigenvalue weighted by Crippen LogP contribution is 2.50. The van der Waals surface area contributed by atoms with Gasteiger partial charge in [0.05, 0.1) is 11.8 Å². The molecule has 1 aliphatic carbocycles. The second-order valence-electron chi connectivity index (χ2n) is 12.5. The molecular weight excluding hydrogens is 537 g/mol. The van der Waals surface area contributed by atoms with Crippen LogP contribution in [0.5, 0.6) is 0 Å². The minimum atomic E-state index is -1.99. The summed E-state index contributed by atoms with van der Waals surface area (Å²) in [6.07, 6.45) is 1.23. The lowest BCUT2D eigenvalue weighted by atomic mass is 9.74. The third kappa shape index (κ3) is 5.57. The summed E-state index contributed by atoms with van der Waals surface area (Å²) < 4.78 is 8.19. The molecule has 1 aliphatic rings. The molecule has 182 valence electrons. The van der Waals surface area contributed by atoms with Crippen molar-refractivity contribution < 1.29 is 9.53 Å². The van der Waals surface area contributed by atoms with Gasteiger partial charge in [-0.05, 0) is 77.4 Å². The Morgan fingerprint density at radius 1 is 1.15 bits per heavy atom. The zero-order valence-electron chi connectivity index (χ0n) is 22.1. The van der Waals surface area contributed by atoms with Crippen molar-refractivity contribution in [2.24, 2.45) is 5.41 Å². The highest BCUT2D eigenvalue weighted by Gasteiger charge is 2.44. The average Bonchev–Trinajstić information content (AvgIpc) is 2.65. The molecule has 1 aromatic carbocycles. The molecule has 0 radical (unpaired) electrons. The lowest BCUT2D eigenvalue weighted by molar-refractivity contribution is 0.104. The fraction of sp³-hybridized carbons (Fsp3) is 0.607. The minimum absolute atomic E-state index is 0.00854. The first-order valence-electron chi connectivity index (χ1n) is 12.2. The van der Waals surface area contributed by atoms with Crippen LogP contribution in [0.3, 0.4) is 0 Å². The van der Waals surface area contributed by atoms with Crippen LogP contribution >= 0.6 is 22.6 Å². The molecule has 0 spiro atoms. The van der Waals surface area contributed by atoms with Crippen molar-refractivity contribution >= 4 is 30.9 Å². The second-order valence-corrected chi connectivity index (χ2v) is 18.3. The smallest absolute Gasteiger partial charge is 0.192 e. The number of aliphatic hydroxyl groups is 1. The Kier molecular flexibility index (Phi) is 7.61. The SMILES string of the molecule is Cc1ccc([C@@H](O)c2c(C(C)C)nc3c(c2I)C(O[Si](C)(C)C(C)(C)C)CC(C)(C)C3)cc1. The summed E-state index contributed by atoms with van der Waals surface area (Å²) in [7, 11) is -1.99. The van der Waals surface area contributed by atoms with E-state index >= 15 is 0 Å². The van der Waals surface area contributed by atoms with Gasteiger partial charge in [0, 0.05) is 20.4 Å². The number of benzene rings is 1. The first-order valence-corrected chi connectivity index (χ1v) is 16.2. The number of rotatable bonds is 5. The zero-order valence-corrected chi connectivity index (χ0v) is 25.3. The number of aryl methyl sites for hydroxylation is 1. The van der Waals surface area contributed by atoms with Crippen LogP contribution in [0, 0.1) is 15.9 Å². The lowest BCUT2D eigenvalue weighted by Gasteiger charge is -2.44. The standard InChI is InChI=1S/C28H42INO2Si/c1-17(2)25-23(26(31)19-13-11-18(3)12-14-19)24(29)22-20(30-25)15-28(7,8)16-21(22)32-33(9,10)27(4,5)6/h11-14,17,21,26,31H,15-16H2,1-10H3/t21?,26-/m1/s1. The van der Waals surface area contributed by atoms with E-state index in [1.54, 1.807) is 0 Å². The van der Waals surface area contributed by atoms with Gasteiger partial charge in [0.25, 0.3) is 0 Å². The van der Waals surface area contributed by atoms with Crippen LogP contribution in [-0.2, 0) is 10.8 Å². The molecule has 0 saturated carbocycles. The predicted octanol–water partition coefficient (Wildman–Crippen LogP) is 8.24. The van der Waals surface area contributed by atoms with Gasteiger partial charge in [-0.15, -0.1) is 0 Å². The van der Waals surface area contributed by atoms with Crippen LogP contribution < -0.4 is 0 Å². The van der Waals surface area contributed by atoms with Crippen LogP contribution in [0.2, 0.25) is 18.1 Å². The molecule has 1 heterocycles. The van der Waals surface area contributed by atoms with E-state index in [0.29, 0.717) is 0 Å². The highest BCUT2D eigenvalue weighted by atomic mass is 127. The molecule has 0 saturated heterocycles. The summed E-state index contributed by atoms with van der Waals surface area (Å²) in [5.41, 5.74) is 6.57. The maximum absolute atomic E-state index is 11.6. The van der Waals surface area contributed by atoms with E-state index < -0.39 is 14.4 Å². The number of hydrogen-bond donors (Lipinski definition) is 1. The zero-order chi connectivity index (χ0) is 24.9. The number of fused-ring (bicyclic) bond motifs is 1. The maximum atomic E-state index is 11.6. The van der Waals surface area contributed by atoms with Gasteiger partial charge in [-0.3, -0.25) is 4.98 Å². The quantitative estimate of drug-likeness (QED) is 0.287. The summed E-state index contributed by atoms with van der Waals surface area (Å²) >= 11 is 2.47.